The van der Waals surface area contributed by atoms with Gasteiger partial charge in [0.25, 0.3) is 0 Å². The average Bonchev–Trinajstić information content (AvgIpc) is 2.49. The van der Waals surface area contributed by atoms with Crippen LogP contribution in [0.4, 0.5) is 0 Å². The van der Waals surface area contributed by atoms with Gasteiger partial charge in [-0.05, 0) is 43.2 Å². The number of rotatable bonds is 6. The van der Waals surface area contributed by atoms with Crippen molar-refractivity contribution in [3.05, 3.63) is 58.1 Å². The standard InChI is InChI=1S/C17H19BrO3/c1-3-20-15-10-9-12(11-16(15)21-4-2)17(19)13-7-5-6-8-14(13)18/h5-11,17,19H,3-4H2,1-2H3. The quantitative estimate of drug-likeness (QED) is 0.842. The lowest BCUT2D eigenvalue weighted by Crippen LogP contribution is -2.03. The first kappa shape index (κ1) is 15.9. The van der Waals surface area contributed by atoms with E-state index in [2.05, 4.69) is 15.9 Å². The third-order valence-electron chi connectivity index (χ3n) is 3.08. The normalized spacial score (nSPS) is 12.0. The van der Waals surface area contributed by atoms with Crippen molar-refractivity contribution in [2.24, 2.45) is 0 Å². The first-order valence-electron chi connectivity index (χ1n) is 6.99. The van der Waals surface area contributed by atoms with Gasteiger partial charge in [0.05, 0.1) is 13.2 Å². The summed E-state index contributed by atoms with van der Waals surface area (Å²) in [4.78, 5) is 0. The molecule has 0 aromatic heterocycles. The lowest BCUT2D eigenvalue weighted by Gasteiger charge is -2.16. The van der Waals surface area contributed by atoms with Crippen LogP contribution in [0.2, 0.25) is 0 Å². The zero-order valence-electron chi connectivity index (χ0n) is 12.2. The molecule has 0 spiro atoms. The summed E-state index contributed by atoms with van der Waals surface area (Å²) in [7, 11) is 0. The Kier molecular flexibility index (Phi) is 5.65. The highest BCUT2D eigenvalue weighted by atomic mass is 79.9. The minimum atomic E-state index is -0.713. The maximum Gasteiger partial charge on any atom is 0.161 e. The van der Waals surface area contributed by atoms with Gasteiger partial charge < -0.3 is 14.6 Å². The highest BCUT2D eigenvalue weighted by Crippen LogP contribution is 2.34. The number of aliphatic hydroxyl groups excluding tert-OH is 1. The maximum atomic E-state index is 10.6. The van der Waals surface area contributed by atoms with E-state index in [0.717, 1.165) is 15.6 Å². The summed E-state index contributed by atoms with van der Waals surface area (Å²) in [5.41, 5.74) is 1.60. The van der Waals surface area contributed by atoms with E-state index in [-0.39, 0.29) is 0 Å². The van der Waals surface area contributed by atoms with Crippen LogP contribution in [0, 0.1) is 0 Å². The molecule has 2 aromatic rings. The smallest absolute Gasteiger partial charge is 0.161 e. The predicted octanol–water partition coefficient (Wildman–Crippen LogP) is 4.33. The number of hydrogen-bond donors (Lipinski definition) is 1. The molecule has 0 bridgehead atoms. The van der Waals surface area contributed by atoms with E-state index in [4.69, 9.17) is 9.47 Å². The van der Waals surface area contributed by atoms with E-state index >= 15 is 0 Å². The molecule has 0 aliphatic rings. The summed E-state index contributed by atoms with van der Waals surface area (Å²) in [5, 5.41) is 10.6. The van der Waals surface area contributed by atoms with Gasteiger partial charge in [-0.1, -0.05) is 40.2 Å². The van der Waals surface area contributed by atoms with Crippen LogP contribution in [0.5, 0.6) is 11.5 Å². The van der Waals surface area contributed by atoms with Gasteiger partial charge in [0, 0.05) is 4.47 Å². The fourth-order valence-corrected chi connectivity index (χ4v) is 2.62. The van der Waals surface area contributed by atoms with Crippen LogP contribution in [0.15, 0.2) is 46.9 Å². The molecule has 0 amide bonds. The Labute approximate surface area is 133 Å². The lowest BCUT2D eigenvalue weighted by atomic mass is 10.0. The third kappa shape index (κ3) is 3.77. The molecule has 0 saturated carbocycles. The summed E-state index contributed by atoms with van der Waals surface area (Å²) >= 11 is 3.47. The van der Waals surface area contributed by atoms with Crippen molar-refractivity contribution >= 4 is 15.9 Å². The van der Waals surface area contributed by atoms with Gasteiger partial charge in [0.2, 0.25) is 0 Å². The molecule has 1 N–H and O–H groups in total. The molecule has 0 saturated heterocycles. The van der Waals surface area contributed by atoms with Gasteiger partial charge in [-0.25, -0.2) is 0 Å². The molecule has 112 valence electrons. The van der Waals surface area contributed by atoms with E-state index < -0.39 is 6.10 Å². The van der Waals surface area contributed by atoms with Crippen LogP contribution in [-0.2, 0) is 0 Å². The molecule has 2 rings (SSSR count). The Bertz CT molecular complexity index is 598. The van der Waals surface area contributed by atoms with Crippen LogP contribution in [-0.4, -0.2) is 18.3 Å². The average molecular weight is 351 g/mol. The first-order valence-corrected chi connectivity index (χ1v) is 7.78. The molecule has 2 aromatic carbocycles. The Morgan fingerprint density at radius 1 is 1.00 bits per heavy atom. The molecule has 1 atom stereocenters. The highest BCUT2D eigenvalue weighted by molar-refractivity contribution is 9.10. The zero-order valence-corrected chi connectivity index (χ0v) is 13.8. The maximum absolute atomic E-state index is 10.6. The minimum absolute atomic E-state index is 0.550. The molecular weight excluding hydrogens is 332 g/mol. The molecule has 4 heteroatoms. The number of hydrogen-bond acceptors (Lipinski definition) is 3. The highest BCUT2D eigenvalue weighted by Gasteiger charge is 2.16. The molecule has 0 aliphatic heterocycles. The van der Waals surface area contributed by atoms with E-state index in [1.54, 1.807) is 0 Å². The lowest BCUT2D eigenvalue weighted by molar-refractivity contribution is 0.218. The van der Waals surface area contributed by atoms with Gasteiger partial charge in [-0.2, -0.15) is 0 Å². The predicted molar refractivity (Wildman–Crippen MR) is 87.0 cm³/mol. The SMILES string of the molecule is CCOc1ccc(C(O)c2ccccc2Br)cc1OCC. The molecule has 0 heterocycles. The Morgan fingerprint density at radius 2 is 1.67 bits per heavy atom. The van der Waals surface area contributed by atoms with Crippen molar-refractivity contribution in [3.63, 3.8) is 0 Å². The van der Waals surface area contributed by atoms with E-state index in [9.17, 15) is 5.11 Å². The molecule has 0 fully saturated rings. The summed E-state index contributed by atoms with van der Waals surface area (Å²) < 4.78 is 12.0. The van der Waals surface area contributed by atoms with Crippen LogP contribution < -0.4 is 9.47 Å². The molecule has 0 aliphatic carbocycles. The van der Waals surface area contributed by atoms with Crippen LogP contribution in [0.3, 0.4) is 0 Å². The van der Waals surface area contributed by atoms with Crippen molar-refractivity contribution in [2.75, 3.05) is 13.2 Å². The fourth-order valence-electron chi connectivity index (χ4n) is 2.11. The van der Waals surface area contributed by atoms with Crippen molar-refractivity contribution in [1.82, 2.24) is 0 Å². The van der Waals surface area contributed by atoms with Gasteiger partial charge in [-0.15, -0.1) is 0 Å². The van der Waals surface area contributed by atoms with Crippen LogP contribution >= 0.6 is 15.9 Å². The number of aliphatic hydroxyl groups is 1. The Hall–Kier alpha value is -1.52. The minimum Gasteiger partial charge on any atom is -0.490 e. The van der Waals surface area contributed by atoms with Crippen molar-refractivity contribution < 1.29 is 14.6 Å². The number of benzene rings is 2. The van der Waals surface area contributed by atoms with E-state index in [0.29, 0.717) is 24.7 Å². The zero-order chi connectivity index (χ0) is 15.2. The van der Waals surface area contributed by atoms with E-state index in [1.807, 2.05) is 56.3 Å². The molecule has 3 nitrogen and oxygen atoms in total. The third-order valence-corrected chi connectivity index (χ3v) is 3.81. The van der Waals surface area contributed by atoms with Crippen molar-refractivity contribution in [3.8, 4) is 11.5 Å². The number of ether oxygens (including phenoxy) is 2. The summed E-state index contributed by atoms with van der Waals surface area (Å²) in [6.45, 7) is 4.98. The largest absolute Gasteiger partial charge is 0.490 e. The summed E-state index contributed by atoms with van der Waals surface area (Å²) in [5.74, 6) is 1.35. The molecular formula is C17H19BrO3. The van der Waals surface area contributed by atoms with Gasteiger partial charge in [0.15, 0.2) is 11.5 Å². The molecule has 0 radical (unpaired) electrons. The monoisotopic (exact) mass is 350 g/mol. The molecule has 1 unspecified atom stereocenters. The Morgan fingerprint density at radius 3 is 2.33 bits per heavy atom. The second kappa shape index (κ2) is 7.48. The van der Waals surface area contributed by atoms with Crippen molar-refractivity contribution in [2.45, 2.75) is 20.0 Å². The second-order valence-electron chi connectivity index (χ2n) is 4.50. The van der Waals surface area contributed by atoms with Crippen LogP contribution in [0.1, 0.15) is 31.1 Å². The summed E-state index contributed by atoms with van der Waals surface area (Å²) in [6.07, 6.45) is -0.713. The first-order chi connectivity index (χ1) is 10.2. The van der Waals surface area contributed by atoms with E-state index in [1.165, 1.54) is 0 Å². The second-order valence-corrected chi connectivity index (χ2v) is 5.35. The summed E-state index contributed by atoms with van der Waals surface area (Å²) in [6, 6.07) is 13.2. The molecule has 21 heavy (non-hydrogen) atoms. The van der Waals surface area contributed by atoms with Crippen LogP contribution in [0.25, 0.3) is 0 Å². The van der Waals surface area contributed by atoms with Gasteiger partial charge in [-0.3, -0.25) is 0 Å². The van der Waals surface area contributed by atoms with Gasteiger partial charge >= 0.3 is 0 Å². The van der Waals surface area contributed by atoms with Crippen molar-refractivity contribution in [1.29, 1.82) is 0 Å². The fraction of sp³-hybridized carbons (Fsp3) is 0.294. The topological polar surface area (TPSA) is 38.7 Å². The number of halogens is 1. The van der Waals surface area contributed by atoms with Gasteiger partial charge in [0.1, 0.15) is 6.10 Å². The Balaban J connectivity index is 2.35.